The number of halogens is 1. The zero-order valence-corrected chi connectivity index (χ0v) is 10.8. The third-order valence-electron chi connectivity index (χ3n) is 2.59. The van der Waals surface area contributed by atoms with Crippen LogP contribution in [0.5, 0.6) is 0 Å². The molecule has 0 aliphatic carbocycles. The molecule has 0 atom stereocenters. The summed E-state index contributed by atoms with van der Waals surface area (Å²) in [6.45, 7) is 5.82. The Morgan fingerprint density at radius 1 is 1.39 bits per heavy atom. The lowest BCUT2D eigenvalue weighted by Crippen LogP contribution is -2.41. The van der Waals surface area contributed by atoms with Gasteiger partial charge in [-0.3, -0.25) is 4.79 Å². The van der Waals surface area contributed by atoms with Crippen LogP contribution in [-0.4, -0.2) is 16.4 Å². The van der Waals surface area contributed by atoms with Crippen LogP contribution in [0.4, 0.5) is 4.39 Å². The maximum atomic E-state index is 13.0. The number of fused-ring (bicyclic) bond motifs is 1. The second-order valence-corrected chi connectivity index (χ2v) is 5.48. The first kappa shape index (κ1) is 12.6. The lowest BCUT2D eigenvalue weighted by atomic mass is 10.1. The molecule has 1 heterocycles. The van der Waals surface area contributed by atoms with E-state index >= 15 is 0 Å². The highest BCUT2D eigenvalue weighted by atomic mass is 19.1. The van der Waals surface area contributed by atoms with Gasteiger partial charge in [-0.25, -0.2) is 4.39 Å². The van der Waals surface area contributed by atoms with Crippen molar-refractivity contribution in [2.24, 2.45) is 0 Å². The highest BCUT2D eigenvalue weighted by Gasteiger charge is 2.15. The minimum absolute atomic E-state index is 0.0345. The zero-order chi connectivity index (χ0) is 13.3. The van der Waals surface area contributed by atoms with Gasteiger partial charge in [0.15, 0.2) is 0 Å². The number of aromatic amines is 1. The van der Waals surface area contributed by atoms with E-state index in [1.165, 1.54) is 12.1 Å². The lowest BCUT2D eigenvalue weighted by Gasteiger charge is -2.20. The van der Waals surface area contributed by atoms with Gasteiger partial charge in [0.05, 0.1) is 6.42 Å². The quantitative estimate of drug-likeness (QED) is 0.843. The number of carbonyl (C=O) groups is 1. The predicted octanol–water partition coefficient (Wildman–Crippen LogP) is 2.76. The van der Waals surface area contributed by atoms with Gasteiger partial charge < -0.3 is 10.3 Å². The van der Waals surface area contributed by atoms with Crippen molar-refractivity contribution in [1.82, 2.24) is 10.3 Å². The molecule has 0 aliphatic heterocycles. The topological polar surface area (TPSA) is 44.9 Å². The van der Waals surface area contributed by atoms with Crippen molar-refractivity contribution >= 4 is 16.8 Å². The number of benzene rings is 1. The van der Waals surface area contributed by atoms with Gasteiger partial charge in [0, 0.05) is 22.6 Å². The molecule has 18 heavy (non-hydrogen) atoms. The molecule has 4 heteroatoms. The number of nitrogens with one attached hydrogen (secondary N) is 2. The van der Waals surface area contributed by atoms with Gasteiger partial charge in [-0.1, -0.05) is 0 Å². The molecule has 0 saturated carbocycles. The van der Waals surface area contributed by atoms with Crippen LogP contribution in [0.1, 0.15) is 26.3 Å². The molecule has 0 spiro atoms. The van der Waals surface area contributed by atoms with Crippen molar-refractivity contribution in [2.45, 2.75) is 32.7 Å². The maximum Gasteiger partial charge on any atom is 0.224 e. The number of hydrogen-bond donors (Lipinski definition) is 2. The SMILES string of the molecule is CC(C)(C)NC(=O)Cc1c[nH]c2cc(F)ccc12. The van der Waals surface area contributed by atoms with Gasteiger partial charge in [0.2, 0.25) is 5.91 Å². The standard InChI is InChI=1S/C14H17FN2O/c1-14(2,3)17-13(18)6-9-8-16-12-7-10(15)4-5-11(9)12/h4-5,7-8,16H,6H2,1-3H3,(H,17,18). The normalized spacial score (nSPS) is 11.8. The molecule has 1 aromatic carbocycles. The van der Waals surface area contributed by atoms with E-state index in [9.17, 15) is 9.18 Å². The van der Waals surface area contributed by atoms with E-state index in [-0.39, 0.29) is 17.3 Å². The summed E-state index contributed by atoms with van der Waals surface area (Å²) < 4.78 is 13.0. The van der Waals surface area contributed by atoms with Crippen molar-refractivity contribution in [3.8, 4) is 0 Å². The Kier molecular flexibility index (Phi) is 3.11. The maximum absolute atomic E-state index is 13.0. The van der Waals surface area contributed by atoms with Crippen LogP contribution in [-0.2, 0) is 11.2 Å². The fourth-order valence-corrected chi connectivity index (χ4v) is 1.94. The predicted molar refractivity (Wildman–Crippen MR) is 69.9 cm³/mol. The summed E-state index contributed by atoms with van der Waals surface area (Å²) in [6, 6.07) is 4.53. The van der Waals surface area contributed by atoms with Crippen molar-refractivity contribution in [1.29, 1.82) is 0 Å². The number of rotatable bonds is 2. The molecule has 0 aliphatic rings. The summed E-state index contributed by atoms with van der Waals surface area (Å²) >= 11 is 0. The minimum Gasteiger partial charge on any atom is -0.361 e. The van der Waals surface area contributed by atoms with E-state index in [2.05, 4.69) is 10.3 Å². The molecule has 2 N–H and O–H groups in total. The molecular formula is C14H17FN2O. The van der Waals surface area contributed by atoms with E-state index < -0.39 is 0 Å². The highest BCUT2D eigenvalue weighted by molar-refractivity contribution is 5.89. The molecule has 96 valence electrons. The summed E-state index contributed by atoms with van der Waals surface area (Å²) in [5.41, 5.74) is 1.36. The molecule has 0 radical (unpaired) electrons. The van der Waals surface area contributed by atoms with E-state index in [0.717, 1.165) is 10.9 Å². The van der Waals surface area contributed by atoms with Crippen molar-refractivity contribution in [3.05, 3.63) is 35.8 Å². The monoisotopic (exact) mass is 248 g/mol. The van der Waals surface area contributed by atoms with E-state index in [1.54, 1.807) is 12.3 Å². The summed E-state index contributed by atoms with van der Waals surface area (Å²) in [6.07, 6.45) is 2.05. The first-order valence-electron chi connectivity index (χ1n) is 5.92. The minimum atomic E-state index is -0.282. The van der Waals surface area contributed by atoms with Crippen LogP contribution >= 0.6 is 0 Å². The van der Waals surface area contributed by atoms with Crippen molar-refractivity contribution in [2.75, 3.05) is 0 Å². The molecule has 0 fully saturated rings. The Bertz CT molecular complexity index is 581. The number of hydrogen-bond acceptors (Lipinski definition) is 1. The van der Waals surface area contributed by atoms with Gasteiger partial charge in [-0.15, -0.1) is 0 Å². The Morgan fingerprint density at radius 3 is 2.78 bits per heavy atom. The molecule has 1 aromatic heterocycles. The van der Waals surface area contributed by atoms with Crippen LogP contribution in [0.25, 0.3) is 10.9 Å². The van der Waals surface area contributed by atoms with Gasteiger partial charge in [-0.2, -0.15) is 0 Å². The Labute approximate surface area is 105 Å². The largest absolute Gasteiger partial charge is 0.361 e. The average molecular weight is 248 g/mol. The molecule has 2 aromatic rings. The molecule has 0 unspecified atom stereocenters. The molecular weight excluding hydrogens is 231 g/mol. The highest BCUT2D eigenvalue weighted by Crippen LogP contribution is 2.19. The van der Waals surface area contributed by atoms with Crippen LogP contribution in [0.2, 0.25) is 0 Å². The Hall–Kier alpha value is -1.84. The first-order valence-corrected chi connectivity index (χ1v) is 5.92. The third kappa shape index (κ3) is 2.88. The average Bonchev–Trinajstić information content (AvgIpc) is 2.57. The third-order valence-corrected chi connectivity index (χ3v) is 2.59. The van der Waals surface area contributed by atoms with Gasteiger partial charge in [-0.05, 0) is 44.5 Å². The van der Waals surface area contributed by atoms with Crippen molar-refractivity contribution in [3.63, 3.8) is 0 Å². The van der Waals surface area contributed by atoms with Crippen LogP contribution in [0.15, 0.2) is 24.4 Å². The number of H-pyrrole nitrogens is 1. The Balaban J connectivity index is 2.20. The molecule has 0 saturated heterocycles. The van der Waals surface area contributed by atoms with E-state index in [1.807, 2.05) is 20.8 Å². The van der Waals surface area contributed by atoms with Crippen LogP contribution < -0.4 is 5.32 Å². The summed E-state index contributed by atoms with van der Waals surface area (Å²) in [7, 11) is 0. The molecule has 3 nitrogen and oxygen atoms in total. The molecule has 0 bridgehead atoms. The second-order valence-electron chi connectivity index (χ2n) is 5.48. The van der Waals surface area contributed by atoms with Crippen LogP contribution in [0.3, 0.4) is 0 Å². The van der Waals surface area contributed by atoms with E-state index in [4.69, 9.17) is 0 Å². The number of amides is 1. The van der Waals surface area contributed by atoms with E-state index in [0.29, 0.717) is 11.9 Å². The number of carbonyl (C=O) groups excluding carboxylic acids is 1. The summed E-state index contributed by atoms with van der Waals surface area (Å²) in [5.74, 6) is -0.317. The molecule has 1 amide bonds. The van der Waals surface area contributed by atoms with Gasteiger partial charge >= 0.3 is 0 Å². The second kappa shape index (κ2) is 4.44. The molecule has 2 rings (SSSR count). The summed E-state index contributed by atoms with van der Waals surface area (Å²) in [5, 5.41) is 3.80. The fourth-order valence-electron chi connectivity index (χ4n) is 1.94. The smallest absolute Gasteiger partial charge is 0.224 e. The van der Waals surface area contributed by atoms with Gasteiger partial charge in [0.25, 0.3) is 0 Å². The van der Waals surface area contributed by atoms with Gasteiger partial charge in [0.1, 0.15) is 5.82 Å². The first-order chi connectivity index (χ1) is 8.35. The summed E-state index contributed by atoms with van der Waals surface area (Å²) in [4.78, 5) is 14.8. The Morgan fingerprint density at radius 2 is 2.11 bits per heavy atom. The van der Waals surface area contributed by atoms with Crippen molar-refractivity contribution < 1.29 is 9.18 Å². The zero-order valence-electron chi connectivity index (χ0n) is 10.8. The van der Waals surface area contributed by atoms with Crippen LogP contribution in [0, 0.1) is 5.82 Å². The fraction of sp³-hybridized carbons (Fsp3) is 0.357. The number of aromatic nitrogens is 1. The lowest BCUT2D eigenvalue weighted by molar-refractivity contribution is -0.121.